The van der Waals surface area contributed by atoms with Crippen molar-refractivity contribution in [1.82, 2.24) is 19.6 Å². The molecule has 1 aromatic heterocycles. The first-order valence-corrected chi connectivity index (χ1v) is 8.04. The summed E-state index contributed by atoms with van der Waals surface area (Å²) < 4.78 is 2.01. The van der Waals surface area contributed by atoms with E-state index in [2.05, 4.69) is 54.0 Å². The number of nitriles is 1. The number of rotatable bonds is 6. The molecule has 1 saturated heterocycles. The number of hydrogen-bond acceptors (Lipinski definition) is 4. The van der Waals surface area contributed by atoms with Gasteiger partial charge in [-0.2, -0.15) is 10.4 Å². The minimum Gasteiger partial charge on any atom is -0.295 e. The molecule has 0 radical (unpaired) electrons. The van der Waals surface area contributed by atoms with Crippen LogP contribution in [-0.2, 0) is 6.54 Å². The first-order valence-electron chi connectivity index (χ1n) is 8.04. The lowest BCUT2D eigenvalue weighted by Gasteiger charge is -2.36. The summed E-state index contributed by atoms with van der Waals surface area (Å²) in [6.45, 7) is 11.4. The van der Waals surface area contributed by atoms with Gasteiger partial charge in [-0.3, -0.25) is 14.5 Å². The molecule has 2 heterocycles. The van der Waals surface area contributed by atoms with Crippen LogP contribution >= 0.6 is 0 Å². The molecular formula is C16H27N5. The van der Waals surface area contributed by atoms with E-state index < -0.39 is 0 Å². The van der Waals surface area contributed by atoms with E-state index in [0.29, 0.717) is 6.04 Å². The molecule has 1 unspecified atom stereocenters. The van der Waals surface area contributed by atoms with Crippen molar-refractivity contribution < 1.29 is 0 Å². The fourth-order valence-electron chi connectivity index (χ4n) is 2.81. The Morgan fingerprint density at radius 2 is 2.00 bits per heavy atom. The van der Waals surface area contributed by atoms with Gasteiger partial charge in [-0.1, -0.05) is 13.3 Å². The molecule has 2 rings (SSSR count). The second kappa shape index (κ2) is 7.58. The van der Waals surface area contributed by atoms with Crippen LogP contribution in [0.4, 0.5) is 0 Å². The Bertz CT molecular complexity index is 465. The van der Waals surface area contributed by atoms with Crippen molar-refractivity contribution >= 4 is 0 Å². The summed E-state index contributed by atoms with van der Waals surface area (Å²) in [5.41, 5.74) is 1.14. The van der Waals surface area contributed by atoms with Crippen LogP contribution in [0.5, 0.6) is 0 Å². The largest absolute Gasteiger partial charge is 0.295 e. The summed E-state index contributed by atoms with van der Waals surface area (Å²) in [7, 11) is 0. The van der Waals surface area contributed by atoms with Crippen LogP contribution in [0.25, 0.3) is 0 Å². The Morgan fingerprint density at radius 1 is 1.29 bits per heavy atom. The second-order valence-electron chi connectivity index (χ2n) is 6.13. The standard InChI is InChI=1S/C16H27N5/c1-4-5-16(12-17)20-10-8-19(9-11-20)13-15-6-7-21(18-15)14(2)3/h6-7,14,16H,4-5,8-11,13H2,1-3H3. The van der Waals surface area contributed by atoms with Gasteiger partial charge >= 0.3 is 0 Å². The number of hydrogen-bond donors (Lipinski definition) is 0. The average Bonchev–Trinajstić information content (AvgIpc) is 2.94. The Balaban J connectivity index is 1.82. The van der Waals surface area contributed by atoms with E-state index in [1.54, 1.807) is 0 Å². The average molecular weight is 289 g/mol. The monoisotopic (exact) mass is 289 g/mol. The first kappa shape index (κ1) is 16.0. The minimum atomic E-state index is 0.0947. The molecule has 1 aromatic rings. The van der Waals surface area contributed by atoms with Gasteiger partial charge in [-0.05, 0) is 26.3 Å². The summed E-state index contributed by atoms with van der Waals surface area (Å²) >= 11 is 0. The molecular weight excluding hydrogens is 262 g/mol. The van der Waals surface area contributed by atoms with E-state index in [9.17, 15) is 5.26 Å². The van der Waals surface area contributed by atoms with Gasteiger partial charge in [-0.15, -0.1) is 0 Å². The summed E-state index contributed by atoms with van der Waals surface area (Å²) in [6.07, 6.45) is 4.11. The van der Waals surface area contributed by atoms with E-state index in [4.69, 9.17) is 0 Å². The second-order valence-corrected chi connectivity index (χ2v) is 6.13. The van der Waals surface area contributed by atoms with Gasteiger partial charge in [0.05, 0.1) is 17.8 Å². The lowest BCUT2D eigenvalue weighted by atomic mass is 10.1. The van der Waals surface area contributed by atoms with Crippen molar-refractivity contribution in [3.63, 3.8) is 0 Å². The Kier molecular flexibility index (Phi) is 5.77. The smallest absolute Gasteiger partial charge is 0.0978 e. The van der Waals surface area contributed by atoms with Crippen LogP contribution in [0, 0.1) is 11.3 Å². The molecule has 1 aliphatic heterocycles. The fraction of sp³-hybridized carbons (Fsp3) is 0.750. The van der Waals surface area contributed by atoms with Crippen LogP contribution < -0.4 is 0 Å². The predicted octanol–water partition coefficient (Wildman–Crippen LogP) is 2.27. The number of nitrogens with zero attached hydrogens (tertiary/aromatic N) is 5. The van der Waals surface area contributed by atoms with Crippen LogP contribution in [0.2, 0.25) is 0 Å². The summed E-state index contributed by atoms with van der Waals surface area (Å²) in [6, 6.07) is 5.07. The highest BCUT2D eigenvalue weighted by atomic mass is 15.3. The molecule has 1 aliphatic rings. The Morgan fingerprint density at radius 3 is 2.52 bits per heavy atom. The van der Waals surface area contributed by atoms with E-state index in [1.807, 2.05) is 4.68 Å². The fourth-order valence-corrected chi connectivity index (χ4v) is 2.81. The number of piperazine rings is 1. The maximum atomic E-state index is 9.25. The molecule has 0 amide bonds. The van der Waals surface area contributed by atoms with Gasteiger partial charge in [0.1, 0.15) is 0 Å². The molecule has 1 atom stereocenters. The van der Waals surface area contributed by atoms with E-state index in [-0.39, 0.29) is 6.04 Å². The molecule has 0 spiro atoms. The maximum absolute atomic E-state index is 9.25. The molecule has 5 heteroatoms. The third kappa shape index (κ3) is 4.29. The molecule has 5 nitrogen and oxygen atoms in total. The van der Waals surface area contributed by atoms with Gasteiger partial charge in [0.15, 0.2) is 0 Å². The minimum absolute atomic E-state index is 0.0947. The highest BCUT2D eigenvalue weighted by molar-refractivity contribution is 5.00. The van der Waals surface area contributed by atoms with Crippen LogP contribution in [0.1, 0.15) is 45.3 Å². The van der Waals surface area contributed by atoms with Crippen molar-refractivity contribution in [2.24, 2.45) is 0 Å². The molecule has 0 aromatic carbocycles. The summed E-state index contributed by atoms with van der Waals surface area (Å²) in [4.78, 5) is 4.76. The van der Waals surface area contributed by atoms with Gasteiger partial charge in [0.2, 0.25) is 0 Å². The molecule has 0 N–H and O–H groups in total. The highest BCUT2D eigenvalue weighted by Crippen LogP contribution is 2.13. The third-order valence-corrected chi connectivity index (χ3v) is 4.14. The molecule has 116 valence electrons. The Labute approximate surface area is 128 Å². The molecule has 0 saturated carbocycles. The molecule has 1 fully saturated rings. The zero-order chi connectivity index (χ0) is 15.2. The zero-order valence-electron chi connectivity index (χ0n) is 13.5. The maximum Gasteiger partial charge on any atom is 0.0978 e. The van der Waals surface area contributed by atoms with E-state index in [0.717, 1.165) is 51.3 Å². The third-order valence-electron chi connectivity index (χ3n) is 4.14. The summed E-state index contributed by atoms with van der Waals surface area (Å²) in [5.74, 6) is 0. The van der Waals surface area contributed by atoms with Gasteiger partial charge in [-0.25, -0.2) is 0 Å². The Hall–Kier alpha value is -1.38. The highest BCUT2D eigenvalue weighted by Gasteiger charge is 2.23. The van der Waals surface area contributed by atoms with Crippen molar-refractivity contribution in [3.05, 3.63) is 18.0 Å². The van der Waals surface area contributed by atoms with Crippen molar-refractivity contribution in [1.29, 1.82) is 5.26 Å². The van der Waals surface area contributed by atoms with Crippen LogP contribution in [0.3, 0.4) is 0 Å². The summed E-state index contributed by atoms with van der Waals surface area (Å²) in [5, 5.41) is 13.9. The topological polar surface area (TPSA) is 48.1 Å². The number of aromatic nitrogens is 2. The molecule has 21 heavy (non-hydrogen) atoms. The molecule has 0 bridgehead atoms. The lowest BCUT2D eigenvalue weighted by molar-refractivity contribution is 0.105. The van der Waals surface area contributed by atoms with Crippen LogP contribution in [0.15, 0.2) is 12.3 Å². The lowest BCUT2D eigenvalue weighted by Crippen LogP contribution is -2.49. The predicted molar refractivity (Wildman–Crippen MR) is 83.8 cm³/mol. The van der Waals surface area contributed by atoms with Crippen molar-refractivity contribution in [3.8, 4) is 6.07 Å². The van der Waals surface area contributed by atoms with E-state index >= 15 is 0 Å². The van der Waals surface area contributed by atoms with Gasteiger partial charge < -0.3 is 0 Å². The normalized spacial score (nSPS) is 18.8. The van der Waals surface area contributed by atoms with Crippen LogP contribution in [-0.4, -0.2) is 51.8 Å². The van der Waals surface area contributed by atoms with E-state index in [1.165, 1.54) is 0 Å². The van der Waals surface area contributed by atoms with Crippen molar-refractivity contribution in [2.45, 2.75) is 52.2 Å². The quantitative estimate of drug-likeness (QED) is 0.806. The zero-order valence-corrected chi connectivity index (χ0v) is 13.5. The van der Waals surface area contributed by atoms with Crippen molar-refractivity contribution in [2.75, 3.05) is 26.2 Å². The van der Waals surface area contributed by atoms with Gasteiger partial charge in [0, 0.05) is 45.0 Å². The SMILES string of the molecule is CCCC(C#N)N1CCN(Cc2ccn(C(C)C)n2)CC1. The first-order chi connectivity index (χ1) is 10.1. The van der Waals surface area contributed by atoms with Gasteiger partial charge in [0.25, 0.3) is 0 Å². The molecule has 0 aliphatic carbocycles.